The van der Waals surface area contributed by atoms with E-state index in [0.29, 0.717) is 16.3 Å². The molecule has 0 bridgehead atoms. The van der Waals surface area contributed by atoms with Crippen molar-refractivity contribution in [2.24, 2.45) is 0 Å². The third kappa shape index (κ3) is 3.05. The number of halogens is 1. The average Bonchev–Trinajstić information content (AvgIpc) is 3.33. The predicted molar refractivity (Wildman–Crippen MR) is 114 cm³/mol. The Kier molecular flexibility index (Phi) is 4.11. The smallest absolute Gasteiger partial charge is 0.291 e. The monoisotopic (exact) mass is 404 g/mol. The molecule has 6 heteroatoms. The number of amides is 1. The SMILES string of the molecule is O=C(Nc1ccc(Cl)cc1-c1nc2ccccc2s1)c1cc2ccccc2o1. The topological polar surface area (TPSA) is 55.1 Å². The molecule has 2 aromatic heterocycles. The van der Waals surface area contributed by atoms with Crippen LogP contribution in [0.3, 0.4) is 0 Å². The van der Waals surface area contributed by atoms with E-state index in [1.807, 2.05) is 54.6 Å². The van der Waals surface area contributed by atoms with E-state index in [1.165, 1.54) is 0 Å². The van der Waals surface area contributed by atoms with Gasteiger partial charge in [-0.2, -0.15) is 0 Å². The van der Waals surface area contributed by atoms with Gasteiger partial charge < -0.3 is 9.73 Å². The molecular weight excluding hydrogens is 392 g/mol. The number of nitrogens with one attached hydrogen (secondary N) is 1. The van der Waals surface area contributed by atoms with Crippen molar-refractivity contribution in [3.05, 3.63) is 83.6 Å². The molecule has 0 spiro atoms. The summed E-state index contributed by atoms with van der Waals surface area (Å²) in [6.45, 7) is 0. The van der Waals surface area contributed by atoms with Crippen LogP contribution < -0.4 is 5.32 Å². The number of fused-ring (bicyclic) bond motifs is 2. The van der Waals surface area contributed by atoms with E-state index in [1.54, 1.807) is 29.5 Å². The molecule has 0 aliphatic carbocycles. The van der Waals surface area contributed by atoms with Crippen molar-refractivity contribution in [1.82, 2.24) is 4.98 Å². The lowest BCUT2D eigenvalue weighted by atomic mass is 10.1. The highest BCUT2D eigenvalue weighted by Gasteiger charge is 2.17. The first kappa shape index (κ1) is 17.0. The van der Waals surface area contributed by atoms with Crippen LogP contribution in [0.2, 0.25) is 5.02 Å². The number of hydrogen-bond donors (Lipinski definition) is 1. The zero-order valence-corrected chi connectivity index (χ0v) is 16.1. The van der Waals surface area contributed by atoms with Gasteiger partial charge in [0.2, 0.25) is 0 Å². The van der Waals surface area contributed by atoms with E-state index in [0.717, 1.165) is 26.2 Å². The maximum Gasteiger partial charge on any atom is 0.291 e. The average molecular weight is 405 g/mol. The highest BCUT2D eigenvalue weighted by atomic mass is 35.5. The Bertz CT molecular complexity index is 1270. The second-order valence-corrected chi connectivity index (χ2v) is 7.75. The minimum atomic E-state index is -0.319. The lowest BCUT2D eigenvalue weighted by Crippen LogP contribution is -2.11. The van der Waals surface area contributed by atoms with Gasteiger partial charge in [0.15, 0.2) is 5.76 Å². The van der Waals surface area contributed by atoms with Gasteiger partial charge in [-0.1, -0.05) is 41.9 Å². The fourth-order valence-corrected chi connectivity index (χ4v) is 4.24. The molecular formula is C22H13ClN2O2S. The normalized spacial score (nSPS) is 11.2. The molecule has 5 aromatic rings. The number of furan rings is 1. The molecule has 4 nitrogen and oxygen atoms in total. The van der Waals surface area contributed by atoms with Crippen LogP contribution in [0.1, 0.15) is 10.6 Å². The number of benzene rings is 3. The number of aromatic nitrogens is 1. The van der Waals surface area contributed by atoms with E-state index in [2.05, 4.69) is 10.3 Å². The Morgan fingerprint density at radius 1 is 1.00 bits per heavy atom. The van der Waals surface area contributed by atoms with Crippen LogP contribution in [-0.4, -0.2) is 10.9 Å². The van der Waals surface area contributed by atoms with Gasteiger partial charge in [-0.3, -0.25) is 4.79 Å². The number of carbonyl (C=O) groups excluding carboxylic acids is 1. The summed E-state index contributed by atoms with van der Waals surface area (Å²) in [6.07, 6.45) is 0. The van der Waals surface area contributed by atoms with Crippen molar-refractivity contribution in [1.29, 1.82) is 0 Å². The highest BCUT2D eigenvalue weighted by Crippen LogP contribution is 2.36. The van der Waals surface area contributed by atoms with Crippen LogP contribution in [0, 0.1) is 0 Å². The largest absolute Gasteiger partial charge is 0.451 e. The molecule has 0 saturated heterocycles. The fourth-order valence-electron chi connectivity index (χ4n) is 3.07. The summed E-state index contributed by atoms with van der Waals surface area (Å²) in [6, 6.07) is 22.5. The van der Waals surface area contributed by atoms with Crippen molar-refractivity contribution in [2.45, 2.75) is 0 Å². The zero-order valence-electron chi connectivity index (χ0n) is 14.5. The minimum Gasteiger partial charge on any atom is -0.451 e. The fraction of sp³-hybridized carbons (Fsp3) is 0. The van der Waals surface area contributed by atoms with Crippen LogP contribution in [0.25, 0.3) is 31.8 Å². The van der Waals surface area contributed by atoms with Crippen LogP contribution >= 0.6 is 22.9 Å². The van der Waals surface area contributed by atoms with E-state index in [-0.39, 0.29) is 11.7 Å². The van der Waals surface area contributed by atoms with Crippen molar-refractivity contribution >= 4 is 55.7 Å². The van der Waals surface area contributed by atoms with Crippen LogP contribution in [0.4, 0.5) is 5.69 Å². The first-order valence-corrected chi connectivity index (χ1v) is 9.82. The van der Waals surface area contributed by atoms with Gasteiger partial charge in [-0.05, 0) is 42.5 Å². The number of thiazole rings is 1. The first-order valence-electron chi connectivity index (χ1n) is 8.63. The van der Waals surface area contributed by atoms with E-state index >= 15 is 0 Å². The van der Waals surface area contributed by atoms with E-state index in [9.17, 15) is 4.79 Å². The Labute approximate surface area is 169 Å². The maximum atomic E-state index is 12.8. The molecule has 1 N–H and O–H groups in total. The predicted octanol–water partition coefficient (Wildman–Crippen LogP) is 6.62. The number of para-hydroxylation sites is 2. The maximum absolute atomic E-state index is 12.8. The second-order valence-electron chi connectivity index (χ2n) is 6.28. The molecule has 2 heterocycles. The van der Waals surface area contributed by atoms with Crippen LogP contribution in [0.15, 0.2) is 77.2 Å². The Morgan fingerprint density at radius 2 is 1.82 bits per heavy atom. The lowest BCUT2D eigenvalue weighted by molar-refractivity contribution is 0.0999. The van der Waals surface area contributed by atoms with Crippen molar-refractivity contribution in [3.63, 3.8) is 0 Å². The van der Waals surface area contributed by atoms with E-state index < -0.39 is 0 Å². The summed E-state index contributed by atoms with van der Waals surface area (Å²) in [7, 11) is 0. The number of carbonyl (C=O) groups is 1. The molecule has 0 radical (unpaired) electrons. The summed E-state index contributed by atoms with van der Waals surface area (Å²) in [4.78, 5) is 17.5. The van der Waals surface area contributed by atoms with Crippen molar-refractivity contribution in [3.8, 4) is 10.6 Å². The zero-order chi connectivity index (χ0) is 19.1. The molecule has 28 heavy (non-hydrogen) atoms. The standard InChI is InChI=1S/C22H13ClN2O2S/c23-14-9-10-16(15(12-14)22-25-17-6-2-4-8-20(17)28-22)24-21(26)19-11-13-5-1-3-7-18(13)27-19/h1-12H,(H,24,26). The van der Waals surface area contributed by atoms with Crippen molar-refractivity contribution in [2.75, 3.05) is 5.32 Å². The number of rotatable bonds is 3. The molecule has 0 aliphatic rings. The van der Waals surface area contributed by atoms with Crippen molar-refractivity contribution < 1.29 is 9.21 Å². The molecule has 0 unspecified atom stereocenters. The minimum absolute atomic E-state index is 0.256. The van der Waals surface area contributed by atoms with Gasteiger partial charge in [0, 0.05) is 16.0 Å². The van der Waals surface area contributed by atoms with E-state index in [4.69, 9.17) is 16.0 Å². The highest BCUT2D eigenvalue weighted by molar-refractivity contribution is 7.21. The Balaban J connectivity index is 1.53. The molecule has 136 valence electrons. The second kappa shape index (κ2) is 6.78. The molecule has 0 aliphatic heterocycles. The van der Waals surface area contributed by atoms with Gasteiger partial charge in [-0.15, -0.1) is 11.3 Å². The Hall–Kier alpha value is -3.15. The third-order valence-electron chi connectivity index (χ3n) is 4.40. The summed E-state index contributed by atoms with van der Waals surface area (Å²) >= 11 is 7.77. The third-order valence-corrected chi connectivity index (χ3v) is 5.71. The Morgan fingerprint density at radius 3 is 2.68 bits per heavy atom. The molecule has 3 aromatic carbocycles. The summed E-state index contributed by atoms with van der Waals surface area (Å²) in [5.41, 5.74) is 3.00. The van der Waals surface area contributed by atoms with Crippen LogP contribution in [0.5, 0.6) is 0 Å². The van der Waals surface area contributed by atoms with Gasteiger partial charge in [0.1, 0.15) is 10.6 Å². The molecule has 5 rings (SSSR count). The summed E-state index contributed by atoms with van der Waals surface area (Å²) < 4.78 is 6.74. The van der Waals surface area contributed by atoms with Gasteiger partial charge in [0.25, 0.3) is 5.91 Å². The molecule has 0 atom stereocenters. The summed E-state index contributed by atoms with van der Waals surface area (Å²) in [5, 5.41) is 5.19. The molecule has 1 amide bonds. The summed E-state index contributed by atoms with van der Waals surface area (Å²) in [5.74, 6) is -0.0627. The van der Waals surface area contributed by atoms with Crippen LogP contribution in [-0.2, 0) is 0 Å². The number of anilines is 1. The number of nitrogens with zero attached hydrogens (tertiary/aromatic N) is 1. The lowest BCUT2D eigenvalue weighted by Gasteiger charge is -2.09. The number of hydrogen-bond acceptors (Lipinski definition) is 4. The quantitative estimate of drug-likeness (QED) is 0.368. The van der Waals surface area contributed by atoms with Gasteiger partial charge in [0.05, 0.1) is 15.9 Å². The first-order chi connectivity index (χ1) is 13.7. The molecule has 0 saturated carbocycles. The van der Waals surface area contributed by atoms with Gasteiger partial charge in [-0.25, -0.2) is 4.98 Å². The van der Waals surface area contributed by atoms with Gasteiger partial charge >= 0.3 is 0 Å². The molecule has 0 fully saturated rings.